The molecule has 1 fully saturated rings. The largest absolute Gasteiger partial charge is 0.473 e. The highest BCUT2D eigenvalue weighted by Gasteiger charge is 2.37. The molecule has 3 aromatic rings. The third-order valence-electron chi connectivity index (χ3n) is 5.18. The van der Waals surface area contributed by atoms with E-state index in [0.717, 1.165) is 10.9 Å². The normalized spacial score (nSPS) is 18.0. The Labute approximate surface area is 165 Å². The standard InChI is InChI=1S/C20H24N4O3S/c1-4-24-15(3)20(14(2)22-24)28(25,26)23-12-11-17(13-23)27-19-10-9-16-7-5-6-8-18(16)21-19/h5-10,17H,4,11-13H2,1-3H3. The fraction of sp³-hybridized carbons (Fsp3) is 0.400. The van der Waals surface area contributed by atoms with Gasteiger partial charge in [0.25, 0.3) is 0 Å². The summed E-state index contributed by atoms with van der Waals surface area (Å²) in [5.74, 6) is 0.522. The topological polar surface area (TPSA) is 77.3 Å². The number of hydrogen-bond donors (Lipinski definition) is 0. The second kappa shape index (κ2) is 7.18. The number of aromatic nitrogens is 3. The fourth-order valence-corrected chi connectivity index (χ4v) is 5.65. The van der Waals surface area contributed by atoms with Crippen molar-refractivity contribution in [3.8, 4) is 5.88 Å². The van der Waals surface area contributed by atoms with E-state index in [1.807, 2.05) is 43.3 Å². The zero-order chi connectivity index (χ0) is 19.9. The predicted molar refractivity (Wildman–Crippen MR) is 107 cm³/mol. The molecule has 0 amide bonds. The van der Waals surface area contributed by atoms with Crippen LogP contribution in [0.3, 0.4) is 0 Å². The molecule has 0 spiro atoms. The van der Waals surface area contributed by atoms with Crippen molar-refractivity contribution in [1.82, 2.24) is 19.1 Å². The third kappa shape index (κ3) is 3.27. The van der Waals surface area contributed by atoms with E-state index in [9.17, 15) is 8.42 Å². The Morgan fingerprint density at radius 1 is 1.18 bits per heavy atom. The van der Waals surface area contributed by atoms with Gasteiger partial charge in [0.2, 0.25) is 15.9 Å². The molecule has 1 unspecified atom stereocenters. The minimum atomic E-state index is -3.60. The average molecular weight is 401 g/mol. The molecular weight excluding hydrogens is 376 g/mol. The van der Waals surface area contributed by atoms with Crippen LogP contribution in [0.2, 0.25) is 0 Å². The SMILES string of the molecule is CCn1nc(C)c(S(=O)(=O)N2CCC(Oc3ccc4ccccc4n3)C2)c1C. The minimum Gasteiger partial charge on any atom is -0.473 e. The van der Waals surface area contributed by atoms with Crippen LogP contribution in [0, 0.1) is 13.8 Å². The van der Waals surface area contributed by atoms with Gasteiger partial charge < -0.3 is 4.74 Å². The molecule has 2 aromatic heterocycles. The third-order valence-corrected chi connectivity index (χ3v) is 7.30. The van der Waals surface area contributed by atoms with Crippen LogP contribution in [0.5, 0.6) is 5.88 Å². The summed E-state index contributed by atoms with van der Waals surface area (Å²) < 4.78 is 35.6. The first-order chi connectivity index (χ1) is 13.4. The van der Waals surface area contributed by atoms with Gasteiger partial charge in [-0.3, -0.25) is 4.68 Å². The molecule has 1 aliphatic rings. The van der Waals surface area contributed by atoms with Crippen molar-refractivity contribution in [2.45, 2.75) is 44.7 Å². The van der Waals surface area contributed by atoms with Crippen LogP contribution in [-0.2, 0) is 16.6 Å². The van der Waals surface area contributed by atoms with Crippen molar-refractivity contribution in [2.75, 3.05) is 13.1 Å². The number of aryl methyl sites for hydroxylation is 2. The van der Waals surface area contributed by atoms with Gasteiger partial charge in [0.05, 0.1) is 23.4 Å². The lowest BCUT2D eigenvalue weighted by Gasteiger charge is -2.17. The molecule has 1 aliphatic heterocycles. The second-order valence-electron chi connectivity index (χ2n) is 7.05. The average Bonchev–Trinajstić information content (AvgIpc) is 3.26. The van der Waals surface area contributed by atoms with Crippen molar-refractivity contribution in [2.24, 2.45) is 0 Å². The maximum absolute atomic E-state index is 13.2. The smallest absolute Gasteiger partial charge is 0.246 e. The molecule has 1 atom stereocenters. The van der Waals surface area contributed by atoms with Crippen molar-refractivity contribution < 1.29 is 13.2 Å². The fourth-order valence-electron chi connectivity index (χ4n) is 3.79. The van der Waals surface area contributed by atoms with Crippen molar-refractivity contribution >= 4 is 20.9 Å². The van der Waals surface area contributed by atoms with E-state index in [2.05, 4.69) is 10.1 Å². The van der Waals surface area contributed by atoms with E-state index >= 15 is 0 Å². The van der Waals surface area contributed by atoms with Gasteiger partial charge in [-0.25, -0.2) is 13.4 Å². The van der Waals surface area contributed by atoms with Crippen molar-refractivity contribution in [3.63, 3.8) is 0 Å². The molecule has 0 radical (unpaired) electrons. The summed E-state index contributed by atoms with van der Waals surface area (Å²) in [6.07, 6.45) is 0.415. The summed E-state index contributed by atoms with van der Waals surface area (Å²) in [6.45, 7) is 6.88. The van der Waals surface area contributed by atoms with Crippen LogP contribution in [0.1, 0.15) is 24.7 Å². The molecule has 148 valence electrons. The van der Waals surface area contributed by atoms with Gasteiger partial charge >= 0.3 is 0 Å². The lowest BCUT2D eigenvalue weighted by atomic mass is 10.2. The number of hydrogen-bond acceptors (Lipinski definition) is 5. The molecule has 28 heavy (non-hydrogen) atoms. The van der Waals surface area contributed by atoms with Gasteiger partial charge in [0.1, 0.15) is 11.0 Å². The van der Waals surface area contributed by atoms with Crippen molar-refractivity contribution in [3.05, 3.63) is 47.8 Å². The first-order valence-corrected chi connectivity index (χ1v) is 10.9. The number of sulfonamides is 1. The van der Waals surface area contributed by atoms with Gasteiger partial charge in [-0.05, 0) is 39.3 Å². The Hall–Kier alpha value is -2.45. The van der Waals surface area contributed by atoms with Gasteiger partial charge in [0.15, 0.2) is 0 Å². The summed E-state index contributed by atoms with van der Waals surface area (Å²) in [5.41, 5.74) is 2.08. The van der Waals surface area contributed by atoms with Gasteiger partial charge in [-0.15, -0.1) is 0 Å². The minimum absolute atomic E-state index is 0.217. The van der Waals surface area contributed by atoms with Gasteiger partial charge in [-0.1, -0.05) is 18.2 Å². The highest BCUT2D eigenvalue weighted by atomic mass is 32.2. The number of para-hydroxylation sites is 1. The van der Waals surface area contributed by atoms with E-state index in [-0.39, 0.29) is 6.10 Å². The Morgan fingerprint density at radius 3 is 2.71 bits per heavy atom. The quantitative estimate of drug-likeness (QED) is 0.658. The Balaban J connectivity index is 1.52. The van der Waals surface area contributed by atoms with Crippen LogP contribution in [0.4, 0.5) is 0 Å². The molecule has 0 aliphatic carbocycles. The lowest BCUT2D eigenvalue weighted by molar-refractivity contribution is 0.207. The number of pyridine rings is 1. The van der Waals surface area contributed by atoms with E-state index in [1.54, 1.807) is 18.5 Å². The maximum atomic E-state index is 13.2. The molecular formula is C20H24N4O3S. The summed E-state index contributed by atoms with van der Waals surface area (Å²) in [5, 5.41) is 5.40. The summed E-state index contributed by atoms with van der Waals surface area (Å²) in [4.78, 5) is 4.84. The molecule has 3 heterocycles. The highest BCUT2D eigenvalue weighted by molar-refractivity contribution is 7.89. The first-order valence-electron chi connectivity index (χ1n) is 9.46. The van der Waals surface area contributed by atoms with Crippen LogP contribution in [0.25, 0.3) is 10.9 Å². The number of fused-ring (bicyclic) bond motifs is 1. The van der Waals surface area contributed by atoms with Crippen LogP contribution >= 0.6 is 0 Å². The molecule has 8 heteroatoms. The molecule has 4 rings (SSSR count). The van der Waals surface area contributed by atoms with E-state index < -0.39 is 10.0 Å². The molecule has 0 N–H and O–H groups in total. The number of rotatable bonds is 5. The summed E-state index contributed by atoms with van der Waals surface area (Å²) >= 11 is 0. The predicted octanol–water partition coefficient (Wildman–Crippen LogP) is 2.91. The van der Waals surface area contributed by atoms with E-state index in [1.165, 1.54) is 4.31 Å². The number of ether oxygens (including phenoxy) is 1. The second-order valence-corrected chi connectivity index (χ2v) is 8.92. The van der Waals surface area contributed by atoms with Crippen LogP contribution in [-0.4, -0.2) is 46.7 Å². The Morgan fingerprint density at radius 2 is 1.96 bits per heavy atom. The number of benzene rings is 1. The summed E-state index contributed by atoms with van der Waals surface area (Å²) in [7, 11) is -3.60. The maximum Gasteiger partial charge on any atom is 0.246 e. The van der Waals surface area contributed by atoms with Crippen LogP contribution < -0.4 is 4.74 Å². The monoisotopic (exact) mass is 400 g/mol. The molecule has 0 saturated carbocycles. The summed E-state index contributed by atoms with van der Waals surface area (Å²) in [6, 6.07) is 11.6. The molecule has 7 nitrogen and oxygen atoms in total. The van der Waals surface area contributed by atoms with E-state index in [4.69, 9.17) is 4.74 Å². The van der Waals surface area contributed by atoms with Gasteiger partial charge in [-0.2, -0.15) is 9.40 Å². The highest BCUT2D eigenvalue weighted by Crippen LogP contribution is 2.28. The first kappa shape index (κ1) is 18.9. The van der Waals surface area contributed by atoms with Crippen LogP contribution in [0.15, 0.2) is 41.3 Å². The molecule has 0 bridgehead atoms. The Bertz CT molecular complexity index is 1120. The molecule has 1 saturated heterocycles. The van der Waals surface area contributed by atoms with Crippen molar-refractivity contribution in [1.29, 1.82) is 0 Å². The molecule has 1 aromatic carbocycles. The lowest BCUT2D eigenvalue weighted by Crippen LogP contribution is -2.31. The number of nitrogens with zero attached hydrogens (tertiary/aromatic N) is 4. The van der Waals surface area contributed by atoms with Gasteiger partial charge in [0, 0.05) is 24.5 Å². The zero-order valence-electron chi connectivity index (χ0n) is 16.3. The zero-order valence-corrected chi connectivity index (χ0v) is 17.1. The van der Waals surface area contributed by atoms with E-state index in [0.29, 0.717) is 48.2 Å². The Kier molecular flexibility index (Phi) is 4.84.